The molecule has 1 radical (unpaired) electrons. The van der Waals surface area contributed by atoms with Crippen molar-refractivity contribution in [2.24, 2.45) is 0 Å². The number of rotatable bonds is 2. The van der Waals surface area contributed by atoms with Gasteiger partial charge in [0.05, 0.1) is 0 Å². The molecule has 0 heterocycles. The van der Waals surface area contributed by atoms with E-state index in [4.69, 9.17) is 5.73 Å². The van der Waals surface area contributed by atoms with Crippen LogP contribution in [0.2, 0.25) is 0 Å². The van der Waals surface area contributed by atoms with Crippen LogP contribution in [0.4, 0.5) is 13.2 Å². The number of alkyl halides is 3. The summed E-state index contributed by atoms with van der Waals surface area (Å²) in [5.74, 6) is -0.280. The summed E-state index contributed by atoms with van der Waals surface area (Å²) in [6.45, 7) is -0.0605. The molecule has 1 rings (SSSR count). The van der Waals surface area contributed by atoms with Crippen molar-refractivity contribution in [3.8, 4) is 5.75 Å². The van der Waals surface area contributed by atoms with E-state index in [2.05, 4.69) is 4.74 Å². The fraction of sp³-hybridized carbons (Fsp3) is 0.250. The van der Waals surface area contributed by atoms with Crippen LogP contribution < -0.4 is 10.5 Å². The second-order valence-electron chi connectivity index (χ2n) is 2.37. The molecule has 0 aliphatic heterocycles. The third-order valence-corrected chi connectivity index (χ3v) is 1.34. The highest BCUT2D eigenvalue weighted by atomic mass is 19.4. The van der Waals surface area contributed by atoms with Crippen LogP contribution >= 0.6 is 0 Å². The zero-order valence-corrected chi connectivity index (χ0v) is 6.56. The number of ether oxygens (including phenoxy) is 1. The van der Waals surface area contributed by atoms with E-state index in [0.717, 1.165) is 0 Å². The van der Waals surface area contributed by atoms with Crippen LogP contribution in [0.5, 0.6) is 5.75 Å². The molecule has 1 aromatic carbocycles. The quantitative estimate of drug-likeness (QED) is 0.704. The van der Waals surface area contributed by atoms with Gasteiger partial charge in [0.15, 0.2) is 0 Å². The second kappa shape index (κ2) is 3.66. The van der Waals surface area contributed by atoms with E-state index >= 15 is 0 Å². The maximum absolute atomic E-state index is 11.7. The molecular formula is C8H7F3NO. The molecule has 0 aliphatic carbocycles. The van der Waals surface area contributed by atoms with Crippen LogP contribution in [0, 0.1) is 0 Å². The summed E-state index contributed by atoms with van der Waals surface area (Å²) in [6, 6.07) is 5.38. The Bertz CT molecular complexity index is 285. The smallest absolute Gasteiger partial charge is 0.406 e. The van der Waals surface area contributed by atoms with Crippen molar-refractivity contribution in [3.05, 3.63) is 29.8 Å². The summed E-state index contributed by atoms with van der Waals surface area (Å²) in [4.78, 5) is 0. The number of nitrogens with one attached hydrogen (secondary N) is 1. The normalized spacial score (nSPS) is 11.4. The molecule has 0 unspecified atom stereocenters. The molecule has 0 amide bonds. The SMILES string of the molecule is [NH]Cc1cccc(OC(F)(F)F)c1. The molecule has 5 heteroatoms. The minimum atomic E-state index is -4.67. The lowest BCUT2D eigenvalue weighted by Crippen LogP contribution is -2.17. The zero-order chi connectivity index (χ0) is 9.90. The first kappa shape index (κ1) is 9.85. The van der Waals surface area contributed by atoms with Gasteiger partial charge in [-0.15, -0.1) is 13.2 Å². The van der Waals surface area contributed by atoms with Gasteiger partial charge in [-0.1, -0.05) is 12.1 Å². The van der Waals surface area contributed by atoms with Crippen molar-refractivity contribution in [1.29, 1.82) is 0 Å². The van der Waals surface area contributed by atoms with Crippen molar-refractivity contribution >= 4 is 0 Å². The van der Waals surface area contributed by atoms with Gasteiger partial charge in [-0.3, -0.25) is 5.73 Å². The molecule has 1 N–H and O–H groups in total. The molecule has 71 valence electrons. The van der Waals surface area contributed by atoms with E-state index in [-0.39, 0.29) is 12.3 Å². The van der Waals surface area contributed by atoms with E-state index in [1.165, 1.54) is 18.2 Å². The van der Waals surface area contributed by atoms with Gasteiger partial charge >= 0.3 is 6.36 Å². The third-order valence-electron chi connectivity index (χ3n) is 1.34. The maximum atomic E-state index is 11.7. The molecule has 0 bridgehead atoms. The summed E-state index contributed by atoms with van der Waals surface area (Å²) in [5, 5.41) is 0. The minimum absolute atomic E-state index is 0.0605. The minimum Gasteiger partial charge on any atom is -0.406 e. The zero-order valence-electron chi connectivity index (χ0n) is 6.56. The van der Waals surface area contributed by atoms with E-state index in [1.807, 2.05) is 0 Å². The van der Waals surface area contributed by atoms with E-state index in [9.17, 15) is 13.2 Å². The number of hydrogen-bond acceptors (Lipinski definition) is 1. The van der Waals surface area contributed by atoms with E-state index < -0.39 is 6.36 Å². The van der Waals surface area contributed by atoms with Crippen molar-refractivity contribution in [3.63, 3.8) is 0 Å². The van der Waals surface area contributed by atoms with Crippen molar-refractivity contribution in [2.45, 2.75) is 12.9 Å². The van der Waals surface area contributed by atoms with Gasteiger partial charge in [0.1, 0.15) is 5.75 Å². The van der Waals surface area contributed by atoms with Crippen molar-refractivity contribution in [1.82, 2.24) is 5.73 Å². The van der Waals surface area contributed by atoms with Gasteiger partial charge in [-0.05, 0) is 17.7 Å². The molecule has 2 nitrogen and oxygen atoms in total. The first-order valence-electron chi connectivity index (χ1n) is 3.50. The Kier molecular flexibility index (Phi) is 2.77. The summed E-state index contributed by atoms with van der Waals surface area (Å²) >= 11 is 0. The van der Waals surface area contributed by atoms with Crippen LogP contribution in [0.3, 0.4) is 0 Å². The highest BCUT2D eigenvalue weighted by molar-refractivity contribution is 5.28. The molecule has 0 spiro atoms. The third kappa shape index (κ3) is 3.33. The highest BCUT2D eigenvalue weighted by Gasteiger charge is 2.30. The Morgan fingerprint density at radius 1 is 1.31 bits per heavy atom. The number of benzene rings is 1. The molecule has 0 saturated heterocycles. The van der Waals surface area contributed by atoms with Crippen molar-refractivity contribution < 1.29 is 17.9 Å². The molecular weight excluding hydrogens is 183 g/mol. The summed E-state index contributed by atoms with van der Waals surface area (Å²) in [7, 11) is 0. The van der Waals surface area contributed by atoms with Crippen LogP contribution in [-0.2, 0) is 6.54 Å². The van der Waals surface area contributed by atoms with Crippen LogP contribution in [0.1, 0.15) is 5.56 Å². The first-order valence-corrected chi connectivity index (χ1v) is 3.50. The van der Waals surface area contributed by atoms with E-state index in [1.54, 1.807) is 6.07 Å². The second-order valence-corrected chi connectivity index (χ2v) is 2.37. The Morgan fingerprint density at radius 3 is 2.54 bits per heavy atom. The van der Waals surface area contributed by atoms with E-state index in [0.29, 0.717) is 5.56 Å². The lowest BCUT2D eigenvalue weighted by molar-refractivity contribution is -0.274. The number of halogens is 3. The Morgan fingerprint density at radius 2 is 2.00 bits per heavy atom. The van der Waals surface area contributed by atoms with Crippen LogP contribution in [0.15, 0.2) is 24.3 Å². The summed E-state index contributed by atoms with van der Waals surface area (Å²) < 4.78 is 38.8. The average molecular weight is 190 g/mol. The van der Waals surface area contributed by atoms with Gasteiger partial charge in [-0.2, -0.15) is 0 Å². The Labute approximate surface area is 73.1 Å². The lowest BCUT2D eigenvalue weighted by atomic mass is 10.2. The maximum Gasteiger partial charge on any atom is 0.573 e. The Hall–Kier alpha value is -1.23. The standard InChI is InChI=1S/C8H7F3NO/c9-8(10,11)13-7-3-1-2-6(4-7)5-12/h1-4,12H,5H2. The van der Waals surface area contributed by atoms with Gasteiger partial charge in [0, 0.05) is 6.54 Å². The molecule has 0 fully saturated rings. The number of hydrogen-bond donors (Lipinski definition) is 0. The van der Waals surface area contributed by atoms with Gasteiger partial charge in [0.25, 0.3) is 0 Å². The molecule has 0 saturated carbocycles. The van der Waals surface area contributed by atoms with Gasteiger partial charge < -0.3 is 4.74 Å². The summed E-state index contributed by atoms with van der Waals surface area (Å²) in [5.41, 5.74) is 7.42. The first-order chi connectivity index (χ1) is 6.01. The topological polar surface area (TPSA) is 33.0 Å². The molecule has 13 heavy (non-hydrogen) atoms. The monoisotopic (exact) mass is 190 g/mol. The molecule has 0 aliphatic rings. The van der Waals surface area contributed by atoms with Gasteiger partial charge in [-0.25, -0.2) is 0 Å². The fourth-order valence-electron chi connectivity index (χ4n) is 0.853. The highest BCUT2D eigenvalue weighted by Crippen LogP contribution is 2.23. The summed E-state index contributed by atoms with van der Waals surface area (Å²) in [6.07, 6.45) is -4.67. The lowest BCUT2D eigenvalue weighted by Gasteiger charge is -2.08. The molecule has 0 atom stereocenters. The Balaban J connectivity index is 2.78. The fourth-order valence-corrected chi connectivity index (χ4v) is 0.853. The predicted molar refractivity (Wildman–Crippen MR) is 39.9 cm³/mol. The molecule has 0 aromatic heterocycles. The largest absolute Gasteiger partial charge is 0.573 e. The van der Waals surface area contributed by atoms with Gasteiger partial charge in [0.2, 0.25) is 0 Å². The molecule has 1 aromatic rings. The van der Waals surface area contributed by atoms with Crippen molar-refractivity contribution in [2.75, 3.05) is 0 Å². The predicted octanol–water partition coefficient (Wildman–Crippen LogP) is 2.37. The average Bonchev–Trinajstić information content (AvgIpc) is 2.01. The van der Waals surface area contributed by atoms with Crippen LogP contribution in [-0.4, -0.2) is 6.36 Å². The van der Waals surface area contributed by atoms with Crippen LogP contribution in [0.25, 0.3) is 0 Å².